The predicted octanol–water partition coefficient (Wildman–Crippen LogP) is 3.52. The highest BCUT2D eigenvalue weighted by molar-refractivity contribution is 7.89. The van der Waals surface area contributed by atoms with Crippen molar-refractivity contribution in [1.29, 1.82) is 0 Å². The Balaban J connectivity index is 1.47. The Bertz CT molecular complexity index is 1230. The van der Waals surface area contributed by atoms with Crippen molar-refractivity contribution < 1.29 is 22.7 Å². The van der Waals surface area contributed by atoms with Gasteiger partial charge in [-0.05, 0) is 55.3 Å². The summed E-state index contributed by atoms with van der Waals surface area (Å²) in [5, 5.41) is 9.71. The van der Waals surface area contributed by atoms with Crippen LogP contribution in [0.5, 0.6) is 11.5 Å². The molecule has 0 spiro atoms. The number of hydrogen-bond acceptors (Lipinski definition) is 6. The van der Waals surface area contributed by atoms with Gasteiger partial charge in [0.25, 0.3) is 5.91 Å². The molecule has 0 atom stereocenters. The number of aromatic nitrogens is 2. The Kier molecular flexibility index (Phi) is 6.66. The van der Waals surface area contributed by atoms with E-state index in [4.69, 9.17) is 9.47 Å². The van der Waals surface area contributed by atoms with Crippen LogP contribution in [-0.4, -0.2) is 56.1 Å². The van der Waals surface area contributed by atoms with Crippen LogP contribution in [-0.2, 0) is 10.0 Å². The van der Waals surface area contributed by atoms with E-state index in [-0.39, 0.29) is 10.6 Å². The molecule has 0 unspecified atom stereocenters. The second-order valence-corrected chi connectivity index (χ2v) is 9.61. The maximum absolute atomic E-state index is 12.8. The van der Waals surface area contributed by atoms with Crippen molar-refractivity contribution in [3.05, 3.63) is 54.2 Å². The molecule has 2 aromatic carbocycles. The van der Waals surface area contributed by atoms with E-state index >= 15 is 0 Å². The summed E-state index contributed by atoms with van der Waals surface area (Å²) >= 11 is 0. The minimum absolute atomic E-state index is 0.220. The maximum Gasteiger partial charge on any atom is 0.273 e. The number of nitrogens with zero attached hydrogens (tertiary/aromatic N) is 2. The Morgan fingerprint density at radius 1 is 1.00 bits per heavy atom. The molecular formula is C23H26N4O5S. The minimum atomic E-state index is -3.51. The van der Waals surface area contributed by atoms with Crippen LogP contribution in [0.25, 0.3) is 11.3 Å². The van der Waals surface area contributed by atoms with Gasteiger partial charge in [0.15, 0.2) is 0 Å². The fourth-order valence-electron chi connectivity index (χ4n) is 3.75. The number of methoxy groups -OCH3 is 2. The number of piperidine rings is 1. The van der Waals surface area contributed by atoms with Crippen molar-refractivity contribution in [2.75, 3.05) is 32.6 Å². The molecule has 1 aliphatic rings. The van der Waals surface area contributed by atoms with E-state index in [2.05, 4.69) is 15.5 Å². The van der Waals surface area contributed by atoms with Crippen LogP contribution in [0.1, 0.15) is 29.8 Å². The average Bonchev–Trinajstić information content (AvgIpc) is 3.35. The van der Waals surface area contributed by atoms with Crippen LogP contribution in [0.2, 0.25) is 0 Å². The van der Waals surface area contributed by atoms with E-state index < -0.39 is 15.9 Å². The van der Waals surface area contributed by atoms with E-state index in [0.717, 1.165) is 19.3 Å². The highest BCUT2D eigenvalue weighted by Gasteiger charge is 2.25. The smallest absolute Gasteiger partial charge is 0.273 e. The zero-order chi connectivity index (χ0) is 23.4. The van der Waals surface area contributed by atoms with E-state index in [9.17, 15) is 13.2 Å². The number of carbonyl (C=O) groups is 1. The summed E-state index contributed by atoms with van der Waals surface area (Å²) in [6.07, 6.45) is 2.81. The Morgan fingerprint density at radius 3 is 2.39 bits per heavy atom. The van der Waals surface area contributed by atoms with Gasteiger partial charge in [0.05, 0.1) is 24.8 Å². The number of nitrogens with one attached hydrogen (secondary N) is 2. The SMILES string of the molecule is COc1ccc(-c2cc(C(=O)Nc3ccc(S(=O)(=O)N4CCCCC4)cc3)[nH]n2)c(OC)c1. The normalized spacial score (nSPS) is 14.6. The summed E-state index contributed by atoms with van der Waals surface area (Å²) < 4.78 is 37.7. The molecule has 1 aromatic heterocycles. The third-order valence-corrected chi connectivity index (χ3v) is 7.48. The molecule has 0 radical (unpaired) electrons. The molecule has 9 nitrogen and oxygen atoms in total. The third-order valence-electron chi connectivity index (χ3n) is 5.57. The van der Waals surface area contributed by atoms with Crippen molar-refractivity contribution in [3.63, 3.8) is 0 Å². The number of rotatable bonds is 7. The molecule has 0 saturated carbocycles. The van der Waals surface area contributed by atoms with Gasteiger partial charge in [-0.2, -0.15) is 9.40 Å². The third kappa shape index (κ3) is 4.86. The molecule has 2 heterocycles. The number of carbonyl (C=O) groups excluding carboxylic acids is 1. The largest absolute Gasteiger partial charge is 0.497 e. The highest BCUT2D eigenvalue weighted by atomic mass is 32.2. The van der Waals surface area contributed by atoms with Gasteiger partial charge >= 0.3 is 0 Å². The van der Waals surface area contributed by atoms with Gasteiger partial charge in [-0.3, -0.25) is 9.89 Å². The highest BCUT2D eigenvalue weighted by Crippen LogP contribution is 2.32. The standard InChI is InChI=1S/C23H26N4O5S/c1-31-17-8-11-19(22(14-17)32-2)20-15-21(26-25-20)23(28)24-16-6-9-18(10-7-16)33(29,30)27-12-4-3-5-13-27/h6-11,14-15H,3-5,12-13H2,1-2H3,(H,24,28)(H,25,26). The number of sulfonamides is 1. The van der Waals surface area contributed by atoms with E-state index in [1.807, 2.05) is 0 Å². The summed E-state index contributed by atoms with van der Waals surface area (Å²) in [7, 11) is -0.395. The lowest BCUT2D eigenvalue weighted by molar-refractivity contribution is 0.102. The first-order valence-corrected chi connectivity index (χ1v) is 12.1. The van der Waals surface area contributed by atoms with E-state index in [1.165, 1.54) is 16.4 Å². The number of ether oxygens (including phenoxy) is 2. The Morgan fingerprint density at radius 2 is 1.73 bits per heavy atom. The first-order chi connectivity index (χ1) is 15.9. The Hall–Kier alpha value is -3.37. The van der Waals surface area contributed by atoms with Crippen molar-refractivity contribution in [2.24, 2.45) is 0 Å². The molecule has 1 amide bonds. The number of anilines is 1. The molecule has 2 N–H and O–H groups in total. The summed E-state index contributed by atoms with van der Waals surface area (Å²) in [5.41, 5.74) is 1.99. The van der Waals surface area contributed by atoms with Gasteiger partial charge in [-0.1, -0.05) is 6.42 Å². The quantitative estimate of drug-likeness (QED) is 0.546. The number of aromatic amines is 1. The monoisotopic (exact) mass is 470 g/mol. The molecule has 33 heavy (non-hydrogen) atoms. The number of benzene rings is 2. The van der Waals surface area contributed by atoms with Crippen molar-refractivity contribution >= 4 is 21.6 Å². The maximum atomic E-state index is 12.8. The van der Waals surface area contributed by atoms with E-state index in [1.54, 1.807) is 50.6 Å². The molecule has 1 aliphatic heterocycles. The molecule has 10 heteroatoms. The summed E-state index contributed by atoms with van der Waals surface area (Å²) in [5.74, 6) is 0.820. The van der Waals surface area contributed by atoms with Gasteiger partial charge in [0, 0.05) is 30.4 Å². The summed E-state index contributed by atoms with van der Waals surface area (Å²) in [6, 6.07) is 13.1. The number of hydrogen-bond donors (Lipinski definition) is 2. The summed E-state index contributed by atoms with van der Waals surface area (Å²) in [6.45, 7) is 1.09. The van der Waals surface area contributed by atoms with E-state index in [0.29, 0.717) is 41.5 Å². The Labute approximate surface area is 192 Å². The topological polar surface area (TPSA) is 114 Å². The first kappa shape index (κ1) is 22.8. The van der Waals surface area contributed by atoms with Crippen molar-refractivity contribution in [3.8, 4) is 22.8 Å². The first-order valence-electron chi connectivity index (χ1n) is 10.6. The molecule has 3 aromatic rings. The lowest BCUT2D eigenvalue weighted by atomic mass is 10.1. The van der Waals surface area contributed by atoms with Crippen molar-refractivity contribution in [2.45, 2.75) is 24.2 Å². The molecular weight excluding hydrogens is 444 g/mol. The van der Waals surface area contributed by atoms with Crippen LogP contribution >= 0.6 is 0 Å². The second kappa shape index (κ2) is 9.63. The summed E-state index contributed by atoms with van der Waals surface area (Å²) in [4.78, 5) is 12.9. The number of H-pyrrole nitrogens is 1. The average molecular weight is 471 g/mol. The van der Waals surface area contributed by atoms with Gasteiger partial charge in [-0.15, -0.1) is 0 Å². The van der Waals surface area contributed by atoms with Gasteiger partial charge in [0.1, 0.15) is 17.2 Å². The predicted molar refractivity (Wildman–Crippen MR) is 124 cm³/mol. The minimum Gasteiger partial charge on any atom is -0.497 e. The molecule has 0 aliphatic carbocycles. The van der Waals surface area contributed by atoms with Crippen LogP contribution in [0.15, 0.2) is 53.4 Å². The zero-order valence-corrected chi connectivity index (χ0v) is 19.3. The van der Waals surface area contributed by atoms with Crippen LogP contribution in [0, 0.1) is 0 Å². The fourth-order valence-corrected chi connectivity index (χ4v) is 5.27. The molecule has 0 bridgehead atoms. The van der Waals surface area contributed by atoms with Crippen LogP contribution < -0.4 is 14.8 Å². The zero-order valence-electron chi connectivity index (χ0n) is 18.5. The fraction of sp³-hybridized carbons (Fsp3) is 0.304. The van der Waals surface area contributed by atoms with Gasteiger partial charge in [0.2, 0.25) is 10.0 Å². The van der Waals surface area contributed by atoms with Gasteiger partial charge in [-0.25, -0.2) is 8.42 Å². The molecule has 174 valence electrons. The second-order valence-electron chi connectivity index (χ2n) is 7.68. The van der Waals surface area contributed by atoms with Crippen LogP contribution in [0.3, 0.4) is 0 Å². The lowest BCUT2D eigenvalue weighted by Crippen LogP contribution is -2.35. The van der Waals surface area contributed by atoms with Crippen LogP contribution in [0.4, 0.5) is 5.69 Å². The van der Waals surface area contributed by atoms with Gasteiger partial charge < -0.3 is 14.8 Å². The molecule has 4 rings (SSSR count). The lowest BCUT2D eigenvalue weighted by Gasteiger charge is -2.25. The number of amides is 1. The van der Waals surface area contributed by atoms with Crippen molar-refractivity contribution in [1.82, 2.24) is 14.5 Å². The molecule has 1 fully saturated rings. The molecule has 1 saturated heterocycles.